The first-order valence-corrected chi connectivity index (χ1v) is 12.3. The number of aromatic nitrogens is 5. The van der Waals surface area contributed by atoms with E-state index in [2.05, 4.69) is 44.8 Å². The Morgan fingerprint density at radius 3 is 2.57 bits per heavy atom. The van der Waals surface area contributed by atoms with Gasteiger partial charge in [-0.15, -0.1) is 16.9 Å². The fourth-order valence-corrected chi connectivity index (χ4v) is 4.25. The molecule has 186 valence electrons. The minimum atomic E-state index is -0.345. The molecule has 3 rings (SSSR count). The standard InChI is InChI=1S/C24H31N7O3S/c1-6-33-24(35-16(2)3)17(4)23(32)26-20-14-10-13-19(25-20)15-34-28-21(18-11-8-7-9-12-18)22-27-29-30-31(22)5/h7-14,16-17,24H,6,15H2,1-5H3,(H,25,26,32)/b28-21-. The molecule has 2 aromatic heterocycles. The number of benzene rings is 1. The molecule has 0 saturated carbocycles. The summed E-state index contributed by atoms with van der Waals surface area (Å²) in [6.07, 6.45) is 0. The van der Waals surface area contributed by atoms with Gasteiger partial charge in [0, 0.05) is 24.5 Å². The zero-order valence-corrected chi connectivity index (χ0v) is 21.4. The summed E-state index contributed by atoms with van der Waals surface area (Å²) < 4.78 is 7.31. The average Bonchev–Trinajstić information content (AvgIpc) is 3.27. The molecule has 0 spiro atoms. The van der Waals surface area contributed by atoms with Crippen molar-refractivity contribution >= 4 is 29.2 Å². The number of ether oxygens (including phenoxy) is 1. The van der Waals surface area contributed by atoms with Gasteiger partial charge in [0.1, 0.15) is 11.3 Å². The molecular weight excluding hydrogens is 466 g/mol. The van der Waals surface area contributed by atoms with Crippen molar-refractivity contribution in [3.05, 3.63) is 65.6 Å². The molecule has 0 fully saturated rings. The smallest absolute Gasteiger partial charge is 0.231 e. The van der Waals surface area contributed by atoms with Gasteiger partial charge in [0.05, 0.1) is 11.6 Å². The maximum Gasteiger partial charge on any atom is 0.231 e. The molecule has 0 aliphatic rings. The highest BCUT2D eigenvalue weighted by Gasteiger charge is 2.26. The van der Waals surface area contributed by atoms with Crippen LogP contribution in [0.2, 0.25) is 0 Å². The molecule has 0 bridgehead atoms. The molecule has 1 amide bonds. The van der Waals surface area contributed by atoms with Gasteiger partial charge in [-0.25, -0.2) is 9.67 Å². The van der Waals surface area contributed by atoms with Crippen molar-refractivity contribution in [3.8, 4) is 0 Å². The van der Waals surface area contributed by atoms with Crippen molar-refractivity contribution in [2.45, 2.75) is 45.0 Å². The van der Waals surface area contributed by atoms with Gasteiger partial charge in [-0.1, -0.05) is 62.3 Å². The third kappa shape index (κ3) is 7.59. The molecular formula is C24H31N7O3S. The van der Waals surface area contributed by atoms with Crippen LogP contribution >= 0.6 is 11.8 Å². The number of oxime groups is 1. The monoisotopic (exact) mass is 497 g/mol. The first-order chi connectivity index (χ1) is 16.9. The Balaban J connectivity index is 1.68. The first kappa shape index (κ1) is 26.3. The van der Waals surface area contributed by atoms with E-state index >= 15 is 0 Å². The number of hydrogen-bond acceptors (Lipinski definition) is 9. The number of aryl methyl sites for hydroxylation is 1. The zero-order chi connectivity index (χ0) is 25.2. The summed E-state index contributed by atoms with van der Waals surface area (Å²) in [6.45, 7) is 8.60. The SMILES string of the molecule is CCOC(SC(C)C)C(C)C(=O)Nc1cccc(CO/N=C(/c2ccccc2)c2nnnn2C)n1. The third-order valence-corrected chi connectivity index (χ3v) is 6.22. The molecule has 0 aliphatic heterocycles. The highest BCUT2D eigenvalue weighted by molar-refractivity contribution is 8.00. The molecule has 2 atom stereocenters. The summed E-state index contributed by atoms with van der Waals surface area (Å²) >= 11 is 1.63. The normalized spacial score (nSPS) is 13.5. The van der Waals surface area contributed by atoms with Crippen LogP contribution in [0, 0.1) is 5.92 Å². The highest BCUT2D eigenvalue weighted by Crippen LogP contribution is 2.26. The number of hydrogen-bond donors (Lipinski definition) is 1. The van der Waals surface area contributed by atoms with Crippen LogP contribution in [0.5, 0.6) is 0 Å². The number of anilines is 1. The van der Waals surface area contributed by atoms with Crippen molar-refractivity contribution in [2.75, 3.05) is 11.9 Å². The number of carbonyl (C=O) groups excluding carboxylic acids is 1. The molecule has 1 aromatic carbocycles. The van der Waals surface area contributed by atoms with E-state index in [4.69, 9.17) is 9.57 Å². The van der Waals surface area contributed by atoms with Crippen molar-refractivity contribution < 1.29 is 14.4 Å². The number of rotatable bonds is 12. The molecule has 0 aliphatic carbocycles. The number of carbonyl (C=O) groups is 1. The topological polar surface area (TPSA) is 116 Å². The van der Waals surface area contributed by atoms with E-state index in [0.717, 1.165) is 5.56 Å². The minimum Gasteiger partial charge on any atom is -0.389 e. The molecule has 2 unspecified atom stereocenters. The van der Waals surface area contributed by atoms with E-state index in [0.29, 0.717) is 34.9 Å². The largest absolute Gasteiger partial charge is 0.389 e. The summed E-state index contributed by atoms with van der Waals surface area (Å²) in [6, 6.07) is 14.9. The van der Waals surface area contributed by atoms with E-state index in [1.807, 2.05) is 50.2 Å². The Morgan fingerprint density at radius 2 is 1.91 bits per heavy atom. The zero-order valence-electron chi connectivity index (χ0n) is 20.6. The molecule has 1 N–H and O–H groups in total. The average molecular weight is 498 g/mol. The van der Waals surface area contributed by atoms with E-state index in [-0.39, 0.29) is 23.9 Å². The molecule has 2 heterocycles. The summed E-state index contributed by atoms with van der Waals surface area (Å²) in [5, 5.41) is 19.1. The van der Waals surface area contributed by atoms with Gasteiger partial charge < -0.3 is 14.9 Å². The minimum absolute atomic E-state index is 0.103. The van der Waals surface area contributed by atoms with Crippen molar-refractivity contribution in [2.24, 2.45) is 18.1 Å². The number of nitrogens with one attached hydrogen (secondary N) is 1. The third-order valence-electron chi connectivity index (χ3n) is 4.86. The molecule has 10 nitrogen and oxygen atoms in total. The fourth-order valence-electron chi connectivity index (χ4n) is 3.14. The van der Waals surface area contributed by atoms with Crippen LogP contribution in [0.1, 0.15) is 44.8 Å². The second-order valence-corrected chi connectivity index (χ2v) is 9.69. The summed E-state index contributed by atoms with van der Waals surface area (Å²) in [5.41, 5.74) is 1.70. The second kappa shape index (κ2) is 13.0. The molecule has 3 aromatic rings. The summed E-state index contributed by atoms with van der Waals surface area (Å²) in [5.74, 6) is 0.420. The molecule has 0 saturated heterocycles. The Kier molecular flexibility index (Phi) is 9.74. The fraction of sp³-hybridized carbons (Fsp3) is 0.417. The number of thioether (sulfide) groups is 1. The Bertz CT molecular complexity index is 1120. The second-order valence-electron chi connectivity index (χ2n) is 8.01. The van der Waals surface area contributed by atoms with E-state index < -0.39 is 0 Å². The Labute approximate surface area is 209 Å². The van der Waals surface area contributed by atoms with Gasteiger partial charge in [0.2, 0.25) is 11.7 Å². The number of nitrogens with zero attached hydrogens (tertiary/aromatic N) is 6. The highest BCUT2D eigenvalue weighted by atomic mass is 32.2. The van der Waals surface area contributed by atoms with Crippen molar-refractivity contribution in [1.82, 2.24) is 25.2 Å². The Hall–Kier alpha value is -3.31. The number of amides is 1. The number of tetrazole rings is 1. The summed E-state index contributed by atoms with van der Waals surface area (Å²) in [7, 11) is 1.73. The van der Waals surface area contributed by atoms with E-state index in [9.17, 15) is 4.79 Å². The van der Waals surface area contributed by atoms with E-state index in [1.165, 1.54) is 4.68 Å². The van der Waals surface area contributed by atoms with Gasteiger partial charge in [-0.05, 0) is 29.5 Å². The first-order valence-electron chi connectivity index (χ1n) is 11.4. The van der Waals surface area contributed by atoms with Crippen LogP contribution in [0.25, 0.3) is 0 Å². The number of pyridine rings is 1. The van der Waals surface area contributed by atoms with Gasteiger partial charge in [0.15, 0.2) is 12.3 Å². The van der Waals surface area contributed by atoms with Crippen LogP contribution in [0.3, 0.4) is 0 Å². The Morgan fingerprint density at radius 1 is 1.14 bits per heavy atom. The maximum atomic E-state index is 12.8. The quantitative estimate of drug-likeness (QED) is 0.229. The van der Waals surface area contributed by atoms with Crippen LogP contribution in [-0.2, 0) is 28.0 Å². The van der Waals surface area contributed by atoms with Crippen LogP contribution in [0.15, 0.2) is 53.7 Å². The molecule has 0 radical (unpaired) electrons. The lowest BCUT2D eigenvalue weighted by Crippen LogP contribution is -2.32. The van der Waals surface area contributed by atoms with Crippen molar-refractivity contribution in [1.29, 1.82) is 0 Å². The lowest BCUT2D eigenvalue weighted by atomic mass is 10.1. The maximum absolute atomic E-state index is 12.8. The molecule has 35 heavy (non-hydrogen) atoms. The predicted molar refractivity (Wildman–Crippen MR) is 136 cm³/mol. The summed E-state index contributed by atoms with van der Waals surface area (Å²) in [4.78, 5) is 22.9. The van der Waals surface area contributed by atoms with E-state index in [1.54, 1.807) is 30.9 Å². The van der Waals surface area contributed by atoms with Crippen LogP contribution in [0.4, 0.5) is 5.82 Å². The van der Waals surface area contributed by atoms with Gasteiger partial charge in [-0.2, -0.15) is 0 Å². The molecule has 11 heteroatoms. The van der Waals surface area contributed by atoms with Gasteiger partial charge >= 0.3 is 0 Å². The van der Waals surface area contributed by atoms with Crippen molar-refractivity contribution in [3.63, 3.8) is 0 Å². The predicted octanol–water partition coefficient (Wildman–Crippen LogP) is 3.65. The van der Waals surface area contributed by atoms with Gasteiger partial charge in [-0.3, -0.25) is 4.79 Å². The van der Waals surface area contributed by atoms with Gasteiger partial charge in [0.25, 0.3) is 0 Å². The lowest BCUT2D eigenvalue weighted by Gasteiger charge is -2.24. The lowest BCUT2D eigenvalue weighted by molar-refractivity contribution is -0.121. The van der Waals surface area contributed by atoms with Crippen LogP contribution < -0.4 is 5.32 Å². The van der Waals surface area contributed by atoms with Crippen LogP contribution in [-0.4, -0.2) is 54.1 Å².